The molecule has 0 aliphatic rings. The molecule has 0 atom stereocenters. The van der Waals surface area contributed by atoms with Crippen molar-refractivity contribution < 1.29 is 4.79 Å². The van der Waals surface area contributed by atoms with Crippen LogP contribution in [0.4, 0.5) is 5.95 Å². The lowest BCUT2D eigenvalue weighted by molar-refractivity contribution is -0.119. The molecule has 0 aliphatic heterocycles. The van der Waals surface area contributed by atoms with Gasteiger partial charge in [0.1, 0.15) is 0 Å². The van der Waals surface area contributed by atoms with Crippen molar-refractivity contribution in [2.45, 2.75) is 33.7 Å². The van der Waals surface area contributed by atoms with Crippen LogP contribution in [0.25, 0.3) is 0 Å². The molecule has 8 heteroatoms. The van der Waals surface area contributed by atoms with E-state index >= 15 is 0 Å². The maximum absolute atomic E-state index is 11.1. The van der Waals surface area contributed by atoms with Gasteiger partial charge in [-0.15, -0.1) is 5.10 Å². The Bertz CT molecular complexity index is 402. The average Bonchev–Trinajstić information content (AvgIpc) is 2.63. The predicted molar refractivity (Wildman–Crippen MR) is 67.3 cm³/mol. The number of nitrogens with zero attached hydrogens (tertiary/aromatic N) is 4. The number of amides is 1. The Morgan fingerprint density at radius 2 is 2.24 bits per heavy atom. The third kappa shape index (κ3) is 4.85. The number of hydrogen-bond donors (Lipinski definition) is 2. The van der Waals surface area contributed by atoms with Gasteiger partial charge in [-0.3, -0.25) is 10.1 Å². The van der Waals surface area contributed by atoms with Crippen LogP contribution in [-0.4, -0.2) is 31.2 Å². The largest absolute Gasteiger partial charge is 0.303 e. The predicted octanol–water partition coefficient (Wildman–Crippen LogP) is 0.552. The number of nitrogens with one attached hydrogen (secondary N) is 2. The number of hydrogen-bond acceptors (Lipinski definition) is 5. The highest BCUT2D eigenvalue weighted by atomic mass is 32.1. The first-order valence-corrected chi connectivity index (χ1v) is 5.80. The van der Waals surface area contributed by atoms with Crippen LogP contribution in [-0.2, 0) is 11.3 Å². The summed E-state index contributed by atoms with van der Waals surface area (Å²) in [6, 6.07) is 0. The summed E-state index contributed by atoms with van der Waals surface area (Å²) < 4.78 is 0. The minimum absolute atomic E-state index is 0.155. The van der Waals surface area contributed by atoms with Crippen LogP contribution in [0, 0.1) is 5.92 Å². The zero-order chi connectivity index (χ0) is 12.8. The Morgan fingerprint density at radius 3 is 2.82 bits per heavy atom. The van der Waals surface area contributed by atoms with Crippen LogP contribution in [0.2, 0.25) is 0 Å². The van der Waals surface area contributed by atoms with Gasteiger partial charge in [0.15, 0.2) is 5.11 Å². The highest BCUT2D eigenvalue weighted by Crippen LogP contribution is 1.98. The number of anilines is 1. The standard InChI is InChI=1S/C9H16N6OS/c1-4-7(16)10-9(17)11-8-12-14-15(13-8)5-6(2)3/h6H,4-5H2,1-3H3,(H2,10,11,13,16,17). The monoisotopic (exact) mass is 256 g/mol. The van der Waals surface area contributed by atoms with Crippen LogP contribution in [0.1, 0.15) is 27.2 Å². The molecule has 1 aromatic rings. The lowest BCUT2D eigenvalue weighted by Gasteiger charge is -2.04. The minimum atomic E-state index is -0.155. The van der Waals surface area contributed by atoms with Crippen LogP contribution < -0.4 is 10.6 Å². The van der Waals surface area contributed by atoms with E-state index in [1.165, 1.54) is 4.80 Å². The Balaban J connectivity index is 2.48. The number of rotatable bonds is 4. The molecule has 0 spiro atoms. The number of tetrazole rings is 1. The molecule has 1 aromatic heterocycles. The van der Waals surface area contributed by atoms with E-state index < -0.39 is 0 Å². The van der Waals surface area contributed by atoms with Crippen molar-refractivity contribution in [3.05, 3.63) is 0 Å². The summed E-state index contributed by atoms with van der Waals surface area (Å²) in [4.78, 5) is 12.5. The normalized spacial score (nSPS) is 10.4. The van der Waals surface area contributed by atoms with E-state index in [1.54, 1.807) is 6.92 Å². The fraction of sp³-hybridized carbons (Fsp3) is 0.667. The van der Waals surface area contributed by atoms with E-state index in [-0.39, 0.29) is 17.0 Å². The van der Waals surface area contributed by atoms with Crippen LogP contribution in [0.3, 0.4) is 0 Å². The number of carbonyl (C=O) groups is 1. The molecule has 0 fully saturated rings. The average molecular weight is 256 g/mol. The van der Waals surface area contributed by atoms with Crippen molar-refractivity contribution in [3.8, 4) is 0 Å². The zero-order valence-corrected chi connectivity index (χ0v) is 10.9. The van der Waals surface area contributed by atoms with Crippen molar-refractivity contribution in [1.29, 1.82) is 0 Å². The Kier molecular flexibility index (Phi) is 4.95. The molecule has 0 unspecified atom stereocenters. The second kappa shape index (κ2) is 6.24. The van der Waals surface area contributed by atoms with Crippen molar-refractivity contribution in [2.75, 3.05) is 5.32 Å². The fourth-order valence-electron chi connectivity index (χ4n) is 1.05. The summed E-state index contributed by atoms with van der Waals surface area (Å²) in [5.41, 5.74) is 0. The number of carbonyl (C=O) groups excluding carboxylic acids is 1. The van der Waals surface area contributed by atoms with Crippen LogP contribution in [0.5, 0.6) is 0 Å². The van der Waals surface area contributed by atoms with E-state index in [1.807, 2.05) is 0 Å². The van der Waals surface area contributed by atoms with E-state index in [0.717, 1.165) is 0 Å². The number of thiocarbonyl (C=S) groups is 1. The summed E-state index contributed by atoms with van der Waals surface area (Å²) in [7, 11) is 0. The summed E-state index contributed by atoms with van der Waals surface area (Å²) >= 11 is 4.92. The van der Waals surface area contributed by atoms with Gasteiger partial charge in [-0.05, 0) is 23.3 Å². The highest BCUT2D eigenvalue weighted by molar-refractivity contribution is 7.80. The maximum atomic E-state index is 11.1. The molecular formula is C9H16N6OS. The molecule has 1 heterocycles. The van der Waals surface area contributed by atoms with Crippen LogP contribution in [0.15, 0.2) is 0 Å². The molecule has 0 radical (unpaired) electrons. The first-order chi connectivity index (χ1) is 8.01. The van der Waals surface area contributed by atoms with E-state index in [4.69, 9.17) is 12.2 Å². The molecule has 1 rings (SSSR count). The molecule has 2 N–H and O–H groups in total. The van der Waals surface area contributed by atoms with Gasteiger partial charge >= 0.3 is 0 Å². The highest BCUT2D eigenvalue weighted by Gasteiger charge is 2.07. The third-order valence-corrected chi connectivity index (χ3v) is 1.98. The second-order valence-corrected chi connectivity index (χ2v) is 4.33. The molecular weight excluding hydrogens is 240 g/mol. The summed E-state index contributed by atoms with van der Waals surface area (Å²) in [6.07, 6.45) is 0.370. The van der Waals surface area contributed by atoms with Gasteiger partial charge < -0.3 is 5.32 Å². The fourth-order valence-corrected chi connectivity index (χ4v) is 1.25. The van der Waals surface area contributed by atoms with E-state index in [0.29, 0.717) is 18.9 Å². The Labute approximate surface area is 105 Å². The molecule has 0 aromatic carbocycles. The Morgan fingerprint density at radius 1 is 1.53 bits per heavy atom. The van der Waals surface area contributed by atoms with E-state index in [9.17, 15) is 4.79 Å². The van der Waals surface area contributed by atoms with Crippen molar-refractivity contribution in [3.63, 3.8) is 0 Å². The molecule has 0 saturated heterocycles. The van der Waals surface area contributed by atoms with Crippen molar-refractivity contribution >= 4 is 29.2 Å². The van der Waals surface area contributed by atoms with Gasteiger partial charge in [0.05, 0.1) is 6.54 Å². The quantitative estimate of drug-likeness (QED) is 0.765. The molecule has 0 aliphatic carbocycles. The van der Waals surface area contributed by atoms with Gasteiger partial charge in [-0.2, -0.15) is 4.80 Å². The smallest absolute Gasteiger partial charge is 0.269 e. The summed E-state index contributed by atoms with van der Waals surface area (Å²) in [6.45, 7) is 6.54. The van der Waals surface area contributed by atoms with Crippen LogP contribution >= 0.6 is 12.2 Å². The van der Waals surface area contributed by atoms with Gasteiger partial charge in [-0.25, -0.2) is 0 Å². The topological polar surface area (TPSA) is 84.7 Å². The molecule has 7 nitrogen and oxygen atoms in total. The lowest BCUT2D eigenvalue weighted by atomic mass is 10.2. The zero-order valence-electron chi connectivity index (χ0n) is 10.1. The van der Waals surface area contributed by atoms with Gasteiger partial charge in [0.25, 0.3) is 5.95 Å². The van der Waals surface area contributed by atoms with E-state index in [2.05, 4.69) is 39.9 Å². The first-order valence-electron chi connectivity index (χ1n) is 5.40. The van der Waals surface area contributed by atoms with Gasteiger partial charge in [-0.1, -0.05) is 25.9 Å². The second-order valence-electron chi connectivity index (χ2n) is 3.92. The lowest BCUT2D eigenvalue weighted by Crippen LogP contribution is -2.33. The van der Waals surface area contributed by atoms with Gasteiger partial charge in [0, 0.05) is 6.42 Å². The van der Waals surface area contributed by atoms with Crippen molar-refractivity contribution in [1.82, 2.24) is 25.5 Å². The molecule has 0 bridgehead atoms. The van der Waals surface area contributed by atoms with Gasteiger partial charge in [0.2, 0.25) is 5.91 Å². The minimum Gasteiger partial charge on any atom is -0.303 e. The van der Waals surface area contributed by atoms with Crippen molar-refractivity contribution in [2.24, 2.45) is 5.92 Å². The SMILES string of the molecule is CCC(=O)NC(=S)Nc1nnn(CC(C)C)n1. The molecule has 1 amide bonds. The maximum Gasteiger partial charge on any atom is 0.269 e. The third-order valence-electron chi connectivity index (χ3n) is 1.78. The number of aromatic nitrogens is 4. The first kappa shape index (κ1) is 13.5. The molecule has 94 valence electrons. The summed E-state index contributed by atoms with van der Waals surface area (Å²) in [5, 5.41) is 17.1. The molecule has 0 saturated carbocycles. The Hall–Kier alpha value is -1.57. The summed E-state index contributed by atoms with van der Waals surface area (Å²) in [5.74, 6) is 0.563. The molecule has 17 heavy (non-hydrogen) atoms.